The average Bonchev–Trinajstić information content (AvgIpc) is 3.17. The molecule has 0 aromatic heterocycles. The van der Waals surface area contributed by atoms with Crippen molar-refractivity contribution in [3.05, 3.63) is 48.0 Å². The number of hydrogen-bond donors (Lipinski definition) is 1. The van der Waals surface area contributed by atoms with Crippen LogP contribution in [0.2, 0.25) is 0 Å². The van der Waals surface area contributed by atoms with Crippen molar-refractivity contribution in [2.75, 3.05) is 16.2 Å². The van der Waals surface area contributed by atoms with E-state index in [1.165, 1.54) is 12.1 Å². The third-order valence-corrected chi connectivity index (χ3v) is 6.57. The lowest BCUT2D eigenvalue weighted by molar-refractivity contribution is -0.0429. The fraction of sp³-hybridized carbons (Fsp3) is 0.435. The van der Waals surface area contributed by atoms with E-state index in [-0.39, 0.29) is 29.1 Å². The second-order valence-electron chi connectivity index (χ2n) is 8.71. The number of benzene rings is 2. The van der Waals surface area contributed by atoms with Crippen LogP contribution in [-0.2, 0) is 10.0 Å². The number of nitrogens with zero attached hydrogens (tertiary/aromatic N) is 3. The van der Waals surface area contributed by atoms with Gasteiger partial charge >= 0.3 is 15.5 Å². The molecule has 0 saturated carbocycles. The van der Waals surface area contributed by atoms with Gasteiger partial charge in [-0.15, -0.1) is 5.11 Å². The maximum atomic E-state index is 13.0. The molecule has 0 radical (unpaired) electrons. The van der Waals surface area contributed by atoms with E-state index < -0.39 is 15.5 Å². The van der Waals surface area contributed by atoms with Gasteiger partial charge in [-0.25, -0.2) is 0 Å². The molecule has 1 atom stereocenters. The van der Waals surface area contributed by atoms with E-state index in [0.29, 0.717) is 23.4 Å². The summed E-state index contributed by atoms with van der Waals surface area (Å²) in [5.41, 5.74) is -4.38. The van der Waals surface area contributed by atoms with E-state index >= 15 is 0 Å². The van der Waals surface area contributed by atoms with E-state index in [2.05, 4.69) is 10.2 Å². The molecule has 1 unspecified atom stereocenters. The Balaban J connectivity index is 1.90. The summed E-state index contributed by atoms with van der Waals surface area (Å²) in [6.07, 6.45) is 2.27. The minimum atomic E-state index is -5.64. The van der Waals surface area contributed by atoms with E-state index in [4.69, 9.17) is 0 Å². The molecule has 184 valence electrons. The number of hydrogen-bond acceptors (Lipinski definition) is 6. The van der Waals surface area contributed by atoms with Gasteiger partial charge in [0.15, 0.2) is 5.78 Å². The maximum absolute atomic E-state index is 13.0. The third kappa shape index (κ3) is 6.13. The quantitative estimate of drug-likeness (QED) is 0.330. The normalized spacial score (nSPS) is 17.0. The van der Waals surface area contributed by atoms with Gasteiger partial charge in [0.2, 0.25) is 0 Å². The van der Waals surface area contributed by atoms with Crippen molar-refractivity contribution in [3.63, 3.8) is 0 Å². The lowest BCUT2D eigenvalue weighted by atomic mass is 10.0. The first kappa shape index (κ1) is 25.7. The Morgan fingerprint density at radius 3 is 2.38 bits per heavy atom. The minimum absolute atomic E-state index is 0.00550. The van der Waals surface area contributed by atoms with Crippen LogP contribution in [0.15, 0.2) is 52.7 Å². The van der Waals surface area contributed by atoms with Gasteiger partial charge in [-0.2, -0.15) is 26.7 Å². The molecule has 0 aliphatic carbocycles. The molecular weight excluding hydrogens is 469 g/mol. The number of carbonyl (C=O) groups is 1. The molecule has 3 rings (SSSR count). The number of anilines is 2. The lowest BCUT2D eigenvalue weighted by Crippen LogP contribution is -2.30. The number of alkyl halides is 3. The smallest absolute Gasteiger partial charge is 0.369 e. The van der Waals surface area contributed by atoms with Crippen molar-refractivity contribution in [3.8, 4) is 0 Å². The molecule has 1 fully saturated rings. The van der Waals surface area contributed by atoms with Crippen LogP contribution >= 0.6 is 0 Å². The van der Waals surface area contributed by atoms with E-state index in [1.807, 2.05) is 25.7 Å². The van der Waals surface area contributed by atoms with Crippen molar-refractivity contribution < 1.29 is 26.4 Å². The summed E-state index contributed by atoms with van der Waals surface area (Å²) in [5, 5.41) is 8.00. The highest BCUT2D eigenvalue weighted by Crippen LogP contribution is 2.36. The summed E-state index contributed by atoms with van der Waals surface area (Å²) in [5.74, 6) is 0.214. The zero-order valence-electron chi connectivity index (χ0n) is 19.1. The van der Waals surface area contributed by atoms with Crippen molar-refractivity contribution in [1.29, 1.82) is 0 Å². The average molecular weight is 497 g/mol. The maximum Gasteiger partial charge on any atom is 0.516 e. The predicted octanol–water partition coefficient (Wildman–Crippen LogP) is 6.58. The zero-order valence-corrected chi connectivity index (χ0v) is 19.9. The molecule has 1 saturated heterocycles. The minimum Gasteiger partial charge on any atom is -0.369 e. The van der Waals surface area contributed by atoms with Crippen LogP contribution in [0.1, 0.15) is 50.4 Å². The van der Waals surface area contributed by atoms with Crippen LogP contribution in [0.25, 0.3) is 0 Å². The topological polar surface area (TPSA) is 91.2 Å². The van der Waals surface area contributed by atoms with Gasteiger partial charge in [0.25, 0.3) is 0 Å². The SMILES string of the molecule is CC(C)CC(=O)c1ccc(N=Nc2ccc(N3CCCC3C)cc2NS(=O)(=O)C(F)(F)F)cc1. The van der Waals surface area contributed by atoms with E-state index in [9.17, 15) is 26.4 Å². The third-order valence-electron chi connectivity index (χ3n) is 5.47. The van der Waals surface area contributed by atoms with Crippen LogP contribution in [0.4, 0.5) is 35.9 Å². The number of carbonyl (C=O) groups excluding carboxylic acids is 1. The van der Waals surface area contributed by atoms with Crippen LogP contribution in [0.5, 0.6) is 0 Å². The van der Waals surface area contributed by atoms with Crippen LogP contribution in [-0.4, -0.2) is 32.3 Å². The molecule has 0 spiro atoms. The molecule has 34 heavy (non-hydrogen) atoms. The van der Waals surface area contributed by atoms with Crippen LogP contribution < -0.4 is 9.62 Å². The Morgan fingerprint density at radius 2 is 1.82 bits per heavy atom. The van der Waals surface area contributed by atoms with Gasteiger partial charge in [0.05, 0.1) is 11.4 Å². The molecule has 2 aromatic rings. The molecular formula is C23H27F3N4O3S. The Morgan fingerprint density at radius 1 is 1.15 bits per heavy atom. The number of nitrogens with one attached hydrogen (secondary N) is 1. The summed E-state index contributed by atoms with van der Waals surface area (Å²) in [6.45, 7) is 6.60. The largest absolute Gasteiger partial charge is 0.516 e. The van der Waals surface area contributed by atoms with Crippen molar-refractivity contribution in [2.45, 2.75) is 51.6 Å². The monoisotopic (exact) mass is 496 g/mol. The highest BCUT2D eigenvalue weighted by Gasteiger charge is 2.46. The zero-order chi connectivity index (χ0) is 25.1. The number of azo groups is 1. The fourth-order valence-electron chi connectivity index (χ4n) is 3.71. The molecule has 1 aliphatic rings. The second kappa shape index (κ2) is 10.1. The van der Waals surface area contributed by atoms with Crippen molar-refractivity contribution in [1.82, 2.24) is 0 Å². The molecule has 0 amide bonds. The standard InChI is InChI=1S/C23H27F3N4O3S/c1-15(2)13-22(31)17-6-8-18(9-7-17)27-28-20-11-10-19(30-12-4-5-16(30)3)14-21(20)29-34(32,33)23(24,25)26/h6-11,14-16,29H,4-5,12-13H2,1-3H3. The molecule has 1 N–H and O–H groups in total. The fourth-order valence-corrected chi connectivity index (χ4v) is 4.27. The van der Waals surface area contributed by atoms with Crippen molar-refractivity contribution in [2.24, 2.45) is 16.1 Å². The summed E-state index contributed by atoms with van der Waals surface area (Å²) in [6, 6.07) is 11.0. The van der Waals surface area contributed by atoms with Gasteiger partial charge in [-0.05, 0) is 68.1 Å². The molecule has 11 heteroatoms. The van der Waals surface area contributed by atoms with Gasteiger partial charge < -0.3 is 4.90 Å². The summed E-state index contributed by atoms with van der Waals surface area (Å²) >= 11 is 0. The first-order chi connectivity index (χ1) is 15.9. The van der Waals surface area contributed by atoms with Gasteiger partial charge in [-0.3, -0.25) is 9.52 Å². The Hall–Kier alpha value is -2.95. The van der Waals surface area contributed by atoms with E-state index in [1.54, 1.807) is 35.1 Å². The van der Waals surface area contributed by atoms with Gasteiger partial charge in [0.1, 0.15) is 5.69 Å². The van der Waals surface area contributed by atoms with Gasteiger partial charge in [-0.1, -0.05) is 13.8 Å². The van der Waals surface area contributed by atoms with Crippen LogP contribution in [0, 0.1) is 5.92 Å². The molecule has 1 heterocycles. The highest BCUT2D eigenvalue weighted by molar-refractivity contribution is 7.93. The number of rotatable bonds is 8. The lowest BCUT2D eigenvalue weighted by Gasteiger charge is -2.25. The van der Waals surface area contributed by atoms with Crippen LogP contribution in [0.3, 0.4) is 0 Å². The summed E-state index contributed by atoms with van der Waals surface area (Å²) < 4.78 is 64.2. The predicted molar refractivity (Wildman–Crippen MR) is 125 cm³/mol. The first-order valence-corrected chi connectivity index (χ1v) is 12.4. The summed E-state index contributed by atoms with van der Waals surface area (Å²) in [4.78, 5) is 14.2. The second-order valence-corrected chi connectivity index (χ2v) is 10.4. The number of halogens is 3. The van der Waals surface area contributed by atoms with Crippen molar-refractivity contribution >= 4 is 38.6 Å². The Labute approximate surface area is 197 Å². The molecule has 2 aromatic carbocycles. The molecule has 1 aliphatic heterocycles. The Kier molecular flexibility index (Phi) is 7.64. The first-order valence-electron chi connectivity index (χ1n) is 10.9. The Bertz CT molecular complexity index is 1160. The molecule has 7 nitrogen and oxygen atoms in total. The van der Waals surface area contributed by atoms with Gasteiger partial charge in [0, 0.05) is 30.3 Å². The highest BCUT2D eigenvalue weighted by atomic mass is 32.2. The van der Waals surface area contributed by atoms with E-state index in [0.717, 1.165) is 19.4 Å². The molecule has 0 bridgehead atoms. The number of sulfonamides is 1. The number of Topliss-reactive ketones (excluding diaryl/α,β-unsaturated/α-hetero) is 1. The number of ketones is 1. The summed E-state index contributed by atoms with van der Waals surface area (Å²) in [7, 11) is -5.64.